The molecule has 2 N–H and O–H groups in total. The van der Waals surface area contributed by atoms with Gasteiger partial charge >= 0.3 is 6.03 Å². The van der Waals surface area contributed by atoms with Gasteiger partial charge in [-0.05, 0) is 19.3 Å². The number of nitrogens with one attached hydrogen (secondary N) is 2. The first-order valence-corrected chi connectivity index (χ1v) is 9.05. The van der Waals surface area contributed by atoms with Gasteiger partial charge in [0.05, 0.1) is 6.04 Å². The van der Waals surface area contributed by atoms with Crippen molar-refractivity contribution in [3.05, 3.63) is 0 Å². The number of piperazine rings is 1. The summed E-state index contributed by atoms with van der Waals surface area (Å²) in [7, 11) is 1.48. The number of carbonyl (C=O) groups excluding carboxylic acids is 3. The fourth-order valence-corrected chi connectivity index (χ4v) is 3.59. The first kappa shape index (κ1) is 18.7. The Kier molecular flexibility index (Phi) is 7.02. The van der Waals surface area contributed by atoms with Crippen LogP contribution in [-0.4, -0.2) is 66.9 Å². The highest BCUT2D eigenvalue weighted by Gasteiger charge is 2.28. The summed E-state index contributed by atoms with van der Waals surface area (Å²) in [4.78, 5) is 39.4. The molecule has 2 rings (SSSR count). The number of carbonyl (C=O) groups is 3. The molecule has 4 amide bonds. The standard InChI is InChI=1S/C17H30N4O3/c1-13(16(23)19-17(24)18-2)20-9-11-21(12-10-20)15(22)8-7-14-5-3-4-6-14/h13-14H,3-12H2,1-2H3,(H2,18,19,23,24)/t13-/m0/s1. The zero-order chi connectivity index (χ0) is 17.5. The van der Waals surface area contributed by atoms with Gasteiger partial charge in [-0.1, -0.05) is 25.7 Å². The maximum Gasteiger partial charge on any atom is 0.321 e. The molecule has 24 heavy (non-hydrogen) atoms. The lowest BCUT2D eigenvalue weighted by Gasteiger charge is -2.37. The number of hydrogen-bond donors (Lipinski definition) is 2. The van der Waals surface area contributed by atoms with Crippen molar-refractivity contribution in [3.8, 4) is 0 Å². The van der Waals surface area contributed by atoms with Crippen LogP contribution >= 0.6 is 0 Å². The number of hydrogen-bond acceptors (Lipinski definition) is 4. The second-order valence-electron chi connectivity index (χ2n) is 6.85. The predicted octanol–water partition coefficient (Wildman–Crippen LogP) is 0.945. The molecule has 0 spiro atoms. The molecule has 1 aliphatic heterocycles. The number of rotatable bonds is 5. The fraction of sp³-hybridized carbons (Fsp3) is 0.824. The lowest BCUT2D eigenvalue weighted by Crippen LogP contribution is -2.56. The smallest absolute Gasteiger partial charge is 0.321 e. The zero-order valence-electron chi connectivity index (χ0n) is 14.8. The summed E-state index contributed by atoms with van der Waals surface area (Å²) < 4.78 is 0. The number of amides is 4. The monoisotopic (exact) mass is 338 g/mol. The van der Waals surface area contributed by atoms with E-state index in [2.05, 4.69) is 10.6 Å². The van der Waals surface area contributed by atoms with Crippen LogP contribution < -0.4 is 10.6 Å². The van der Waals surface area contributed by atoms with Crippen molar-refractivity contribution in [2.24, 2.45) is 5.92 Å². The van der Waals surface area contributed by atoms with Gasteiger partial charge in [0.2, 0.25) is 11.8 Å². The van der Waals surface area contributed by atoms with E-state index in [4.69, 9.17) is 0 Å². The van der Waals surface area contributed by atoms with Gasteiger partial charge in [-0.15, -0.1) is 0 Å². The number of urea groups is 1. The Morgan fingerprint density at radius 1 is 1.08 bits per heavy atom. The average Bonchev–Trinajstić information content (AvgIpc) is 3.12. The summed E-state index contributed by atoms with van der Waals surface area (Å²) in [6, 6.07) is -0.870. The van der Waals surface area contributed by atoms with E-state index in [1.165, 1.54) is 32.7 Å². The minimum Gasteiger partial charge on any atom is -0.341 e. The first-order valence-electron chi connectivity index (χ1n) is 9.05. The summed E-state index contributed by atoms with van der Waals surface area (Å²) in [5.74, 6) is 0.669. The van der Waals surface area contributed by atoms with E-state index in [0.29, 0.717) is 32.6 Å². The third-order valence-corrected chi connectivity index (χ3v) is 5.30. The van der Waals surface area contributed by atoms with Crippen LogP contribution in [-0.2, 0) is 9.59 Å². The molecule has 0 bridgehead atoms. The molecule has 1 atom stereocenters. The third kappa shape index (κ3) is 5.19. The van der Waals surface area contributed by atoms with Crippen molar-refractivity contribution in [3.63, 3.8) is 0 Å². The Balaban J connectivity index is 1.70. The van der Waals surface area contributed by atoms with Gasteiger partial charge in [-0.3, -0.25) is 19.8 Å². The van der Waals surface area contributed by atoms with Gasteiger partial charge < -0.3 is 10.2 Å². The summed E-state index contributed by atoms with van der Waals surface area (Å²) >= 11 is 0. The topological polar surface area (TPSA) is 81.8 Å². The number of nitrogens with zero attached hydrogens (tertiary/aromatic N) is 2. The van der Waals surface area contributed by atoms with Gasteiger partial charge in [0.1, 0.15) is 0 Å². The van der Waals surface area contributed by atoms with Crippen LogP contribution in [0.2, 0.25) is 0 Å². The van der Waals surface area contributed by atoms with Crippen molar-refractivity contribution >= 4 is 17.8 Å². The molecule has 7 nitrogen and oxygen atoms in total. The second kappa shape index (κ2) is 9.01. The number of imide groups is 1. The molecule has 0 aromatic heterocycles. The molecule has 0 aromatic rings. The quantitative estimate of drug-likeness (QED) is 0.782. The Morgan fingerprint density at radius 2 is 1.71 bits per heavy atom. The van der Waals surface area contributed by atoms with E-state index < -0.39 is 6.03 Å². The molecule has 7 heteroatoms. The van der Waals surface area contributed by atoms with Gasteiger partial charge in [0.25, 0.3) is 0 Å². The van der Waals surface area contributed by atoms with Crippen molar-refractivity contribution in [1.82, 2.24) is 20.4 Å². The highest BCUT2D eigenvalue weighted by molar-refractivity contribution is 5.96. The van der Waals surface area contributed by atoms with Crippen LogP contribution in [0, 0.1) is 5.92 Å². The molecule has 2 fully saturated rings. The van der Waals surface area contributed by atoms with Gasteiger partial charge in [-0.25, -0.2) is 4.79 Å². The normalized spacial score (nSPS) is 20.7. The predicted molar refractivity (Wildman–Crippen MR) is 91.4 cm³/mol. The summed E-state index contributed by atoms with van der Waals surface area (Å²) in [6.45, 7) is 4.42. The molecule has 1 saturated carbocycles. The van der Waals surface area contributed by atoms with E-state index in [0.717, 1.165) is 12.3 Å². The van der Waals surface area contributed by atoms with E-state index in [1.807, 2.05) is 9.80 Å². The molecule has 1 aliphatic carbocycles. The Hall–Kier alpha value is -1.63. The minimum atomic E-state index is -0.493. The molecule has 136 valence electrons. The van der Waals surface area contributed by atoms with Gasteiger partial charge in [-0.2, -0.15) is 0 Å². The maximum atomic E-state index is 12.3. The van der Waals surface area contributed by atoms with Crippen LogP contribution in [0.15, 0.2) is 0 Å². The van der Waals surface area contributed by atoms with Crippen molar-refractivity contribution in [2.75, 3.05) is 33.2 Å². The highest BCUT2D eigenvalue weighted by atomic mass is 16.2. The molecular formula is C17H30N4O3. The molecule has 2 aliphatic rings. The Morgan fingerprint density at radius 3 is 2.29 bits per heavy atom. The minimum absolute atomic E-state index is 0.240. The molecule has 0 unspecified atom stereocenters. The van der Waals surface area contributed by atoms with E-state index in [-0.39, 0.29) is 17.9 Å². The lowest BCUT2D eigenvalue weighted by atomic mass is 10.0. The molecular weight excluding hydrogens is 308 g/mol. The third-order valence-electron chi connectivity index (χ3n) is 5.30. The van der Waals surface area contributed by atoms with Crippen LogP contribution in [0.5, 0.6) is 0 Å². The second-order valence-corrected chi connectivity index (χ2v) is 6.85. The van der Waals surface area contributed by atoms with E-state index in [1.54, 1.807) is 6.92 Å². The molecule has 0 aromatic carbocycles. The van der Waals surface area contributed by atoms with Crippen LogP contribution in [0.1, 0.15) is 45.4 Å². The lowest BCUT2D eigenvalue weighted by molar-refractivity contribution is -0.134. The fourth-order valence-electron chi connectivity index (χ4n) is 3.59. The largest absolute Gasteiger partial charge is 0.341 e. The van der Waals surface area contributed by atoms with Crippen LogP contribution in [0.4, 0.5) is 4.79 Å². The summed E-state index contributed by atoms with van der Waals surface area (Å²) in [5, 5.41) is 4.67. The van der Waals surface area contributed by atoms with Crippen LogP contribution in [0.25, 0.3) is 0 Å². The SMILES string of the molecule is CNC(=O)NC(=O)[C@H](C)N1CCN(C(=O)CCC2CCCC2)CC1. The summed E-state index contributed by atoms with van der Waals surface area (Å²) in [5.41, 5.74) is 0. The average molecular weight is 338 g/mol. The summed E-state index contributed by atoms with van der Waals surface area (Å²) in [6.07, 6.45) is 6.85. The van der Waals surface area contributed by atoms with E-state index >= 15 is 0 Å². The molecule has 1 heterocycles. The van der Waals surface area contributed by atoms with Gasteiger partial charge in [0, 0.05) is 39.6 Å². The Bertz CT molecular complexity index is 455. The zero-order valence-corrected chi connectivity index (χ0v) is 14.8. The highest BCUT2D eigenvalue weighted by Crippen LogP contribution is 2.28. The van der Waals surface area contributed by atoms with Crippen molar-refractivity contribution in [2.45, 2.75) is 51.5 Å². The van der Waals surface area contributed by atoms with E-state index in [9.17, 15) is 14.4 Å². The van der Waals surface area contributed by atoms with Crippen molar-refractivity contribution in [1.29, 1.82) is 0 Å². The van der Waals surface area contributed by atoms with Crippen molar-refractivity contribution < 1.29 is 14.4 Å². The Labute approximate surface area is 144 Å². The molecule has 0 radical (unpaired) electrons. The van der Waals surface area contributed by atoms with Gasteiger partial charge in [0.15, 0.2) is 0 Å². The molecule has 1 saturated heterocycles. The first-order chi connectivity index (χ1) is 11.5. The van der Waals surface area contributed by atoms with Crippen LogP contribution in [0.3, 0.4) is 0 Å². The maximum absolute atomic E-state index is 12.3.